The Bertz CT molecular complexity index is 914. The molecule has 2 aromatic heterocycles. The van der Waals surface area contributed by atoms with Crippen molar-refractivity contribution >= 4 is 0 Å². The number of halogens is 2. The Morgan fingerprint density at radius 3 is 1.86 bits per heavy atom. The summed E-state index contributed by atoms with van der Waals surface area (Å²) in [5.41, 5.74) is 1.98. The van der Waals surface area contributed by atoms with Crippen molar-refractivity contribution < 1.29 is 13.5 Å². The van der Waals surface area contributed by atoms with Gasteiger partial charge in [-0.2, -0.15) is 15.0 Å². The van der Waals surface area contributed by atoms with Gasteiger partial charge in [0.05, 0.1) is 30.9 Å². The highest BCUT2D eigenvalue weighted by Gasteiger charge is 2.13. The summed E-state index contributed by atoms with van der Waals surface area (Å²) in [6, 6.07) is 6.68. The van der Waals surface area contributed by atoms with Crippen LogP contribution in [0.25, 0.3) is 0 Å². The average molecular weight is 492 g/mol. The summed E-state index contributed by atoms with van der Waals surface area (Å²) in [5.74, 6) is 2.87. The normalized spacial score (nSPS) is 10.5. The first-order valence-electron chi connectivity index (χ1n) is 11.6. The summed E-state index contributed by atoms with van der Waals surface area (Å²) in [7, 11) is 1.84. The number of hydrogen-bond donors (Lipinski definition) is 0. The molecular weight excluding hydrogens is 448 g/mol. The highest BCUT2D eigenvalue weighted by Crippen LogP contribution is 2.27. The SMILES string of the molecule is C.CC(C)Cc1cnn(C)n1.CC(C)c1ccccc1C(F)F.Cc1ncc(OCC(C)C)cn1. The smallest absolute Gasteiger partial charge is 0.264 e. The maximum Gasteiger partial charge on any atom is 0.264 e. The van der Waals surface area contributed by atoms with Crippen molar-refractivity contribution in [1.82, 2.24) is 25.0 Å². The third-order valence-electron chi connectivity index (χ3n) is 4.46. The molecule has 35 heavy (non-hydrogen) atoms. The number of nitrogens with zero attached hydrogens (tertiary/aromatic N) is 5. The Hall–Kier alpha value is -2.90. The van der Waals surface area contributed by atoms with Crippen LogP contribution in [0.1, 0.15) is 84.0 Å². The zero-order chi connectivity index (χ0) is 25.7. The van der Waals surface area contributed by atoms with Crippen LogP contribution in [0.4, 0.5) is 8.78 Å². The summed E-state index contributed by atoms with van der Waals surface area (Å²) in [6.45, 7) is 15.0. The molecule has 6 nitrogen and oxygen atoms in total. The number of alkyl halides is 2. The summed E-state index contributed by atoms with van der Waals surface area (Å²) >= 11 is 0. The summed E-state index contributed by atoms with van der Waals surface area (Å²) in [5, 5.41) is 8.13. The molecule has 0 aliphatic heterocycles. The summed E-state index contributed by atoms with van der Waals surface area (Å²) < 4.78 is 30.2. The second-order valence-corrected chi connectivity index (χ2v) is 9.18. The monoisotopic (exact) mass is 491 g/mol. The molecule has 0 spiro atoms. The van der Waals surface area contributed by atoms with Crippen LogP contribution in [0.15, 0.2) is 42.9 Å². The molecule has 0 N–H and O–H groups in total. The number of hydrogen-bond acceptors (Lipinski definition) is 5. The predicted molar refractivity (Wildman–Crippen MR) is 139 cm³/mol. The number of aromatic nitrogens is 5. The fourth-order valence-electron chi connectivity index (χ4n) is 2.85. The summed E-state index contributed by atoms with van der Waals surface area (Å²) in [4.78, 5) is 9.64. The van der Waals surface area contributed by atoms with Crippen molar-refractivity contribution in [2.45, 2.75) is 74.7 Å². The second-order valence-electron chi connectivity index (χ2n) is 9.18. The van der Waals surface area contributed by atoms with Gasteiger partial charge >= 0.3 is 0 Å². The molecule has 0 amide bonds. The number of aryl methyl sites for hydroxylation is 2. The maximum atomic E-state index is 12.4. The van der Waals surface area contributed by atoms with E-state index in [1.54, 1.807) is 35.4 Å². The Morgan fingerprint density at radius 1 is 0.886 bits per heavy atom. The van der Waals surface area contributed by atoms with Gasteiger partial charge in [-0.3, -0.25) is 0 Å². The van der Waals surface area contributed by atoms with Crippen LogP contribution in [0, 0.1) is 18.8 Å². The Balaban J connectivity index is 0.000000491. The number of rotatable bonds is 7. The van der Waals surface area contributed by atoms with Gasteiger partial charge < -0.3 is 4.74 Å². The van der Waals surface area contributed by atoms with E-state index in [2.05, 4.69) is 47.9 Å². The van der Waals surface area contributed by atoms with E-state index in [0.717, 1.165) is 29.3 Å². The molecule has 1 aromatic carbocycles. The van der Waals surface area contributed by atoms with Gasteiger partial charge in [-0.05, 0) is 36.7 Å². The van der Waals surface area contributed by atoms with Crippen molar-refractivity contribution in [3.05, 3.63) is 65.5 Å². The molecule has 0 aliphatic carbocycles. The number of benzene rings is 1. The zero-order valence-corrected chi connectivity index (χ0v) is 21.7. The first-order valence-corrected chi connectivity index (χ1v) is 11.6. The van der Waals surface area contributed by atoms with Gasteiger partial charge in [0.2, 0.25) is 0 Å². The minimum atomic E-state index is -2.36. The van der Waals surface area contributed by atoms with E-state index in [9.17, 15) is 8.78 Å². The minimum absolute atomic E-state index is 0. The lowest BCUT2D eigenvalue weighted by Gasteiger charge is -2.10. The van der Waals surface area contributed by atoms with E-state index in [-0.39, 0.29) is 18.9 Å². The van der Waals surface area contributed by atoms with Crippen LogP contribution in [0.3, 0.4) is 0 Å². The lowest BCUT2D eigenvalue weighted by Crippen LogP contribution is -2.05. The Labute approximate surface area is 210 Å². The molecular formula is C27H43F2N5O. The van der Waals surface area contributed by atoms with Gasteiger partial charge in [0.1, 0.15) is 5.82 Å². The molecule has 3 rings (SSSR count). The maximum absolute atomic E-state index is 12.4. The third-order valence-corrected chi connectivity index (χ3v) is 4.46. The van der Waals surface area contributed by atoms with E-state index >= 15 is 0 Å². The predicted octanol–water partition coefficient (Wildman–Crippen LogP) is 7.22. The first kappa shape index (κ1) is 32.1. The van der Waals surface area contributed by atoms with Crippen LogP contribution in [-0.2, 0) is 13.5 Å². The van der Waals surface area contributed by atoms with Gasteiger partial charge in [-0.1, -0.05) is 73.2 Å². The molecule has 0 atom stereocenters. The molecule has 3 aromatic rings. The molecule has 0 unspecified atom stereocenters. The third kappa shape index (κ3) is 13.5. The fourth-order valence-corrected chi connectivity index (χ4v) is 2.85. The Kier molecular flexibility index (Phi) is 15.3. The lowest BCUT2D eigenvalue weighted by atomic mass is 9.98. The van der Waals surface area contributed by atoms with Gasteiger partial charge in [0.25, 0.3) is 6.43 Å². The topological polar surface area (TPSA) is 65.7 Å². The largest absolute Gasteiger partial charge is 0.490 e. The van der Waals surface area contributed by atoms with Crippen molar-refractivity contribution in [3.8, 4) is 5.75 Å². The molecule has 0 saturated heterocycles. The molecule has 0 aliphatic rings. The molecule has 0 radical (unpaired) electrons. The van der Waals surface area contributed by atoms with Gasteiger partial charge in [-0.25, -0.2) is 18.7 Å². The van der Waals surface area contributed by atoms with Gasteiger partial charge in [-0.15, -0.1) is 0 Å². The van der Waals surface area contributed by atoms with E-state index in [4.69, 9.17) is 4.74 Å². The lowest BCUT2D eigenvalue weighted by molar-refractivity contribution is 0.150. The van der Waals surface area contributed by atoms with Crippen LogP contribution < -0.4 is 4.74 Å². The van der Waals surface area contributed by atoms with Crippen LogP contribution in [0.5, 0.6) is 5.75 Å². The fraction of sp³-hybridized carbons (Fsp3) is 0.556. The van der Waals surface area contributed by atoms with Crippen molar-refractivity contribution in [1.29, 1.82) is 0 Å². The molecule has 0 saturated carbocycles. The van der Waals surface area contributed by atoms with Crippen LogP contribution in [-0.4, -0.2) is 31.6 Å². The molecule has 196 valence electrons. The van der Waals surface area contributed by atoms with Crippen molar-refractivity contribution in [2.24, 2.45) is 18.9 Å². The highest BCUT2D eigenvalue weighted by atomic mass is 19.3. The molecule has 8 heteroatoms. The minimum Gasteiger partial charge on any atom is -0.490 e. The zero-order valence-electron chi connectivity index (χ0n) is 21.7. The van der Waals surface area contributed by atoms with Crippen molar-refractivity contribution in [2.75, 3.05) is 6.61 Å². The summed E-state index contributed by atoms with van der Waals surface area (Å²) in [6.07, 6.45) is 3.88. The first-order chi connectivity index (χ1) is 16.0. The van der Waals surface area contributed by atoms with E-state index in [1.807, 2.05) is 34.0 Å². The van der Waals surface area contributed by atoms with Crippen molar-refractivity contribution in [3.63, 3.8) is 0 Å². The van der Waals surface area contributed by atoms with E-state index < -0.39 is 6.43 Å². The highest BCUT2D eigenvalue weighted by molar-refractivity contribution is 5.30. The second kappa shape index (κ2) is 16.7. The average Bonchev–Trinajstić information content (AvgIpc) is 3.18. The molecule has 0 fully saturated rings. The van der Waals surface area contributed by atoms with Gasteiger partial charge in [0, 0.05) is 12.6 Å². The standard InChI is InChI=1S/C10H12F2.C9H14N2O.C7H13N3.CH4/c1-7(2)8-5-3-4-6-9(8)10(11)12;1-7(2)6-12-9-4-10-8(3)11-5-9;1-6(2)4-7-5-8-10(3)9-7;/h3-7,10H,1-2H3;4-5,7H,6H2,1-3H3;5-6H,4H2,1-3H3;1H4. The van der Waals surface area contributed by atoms with E-state index in [0.29, 0.717) is 18.4 Å². The number of ether oxygens (including phenoxy) is 1. The van der Waals surface area contributed by atoms with E-state index in [1.165, 1.54) is 6.07 Å². The van der Waals surface area contributed by atoms with Crippen LogP contribution >= 0.6 is 0 Å². The molecule has 2 heterocycles. The Morgan fingerprint density at radius 2 is 1.46 bits per heavy atom. The van der Waals surface area contributed by atoms with Crippen LogP contribution in [0.2, 0.25) is 0 Å². The molecule has 0 bridgehead atoms. The van der Waals surface area contributed by atoms with Gasteiger partial charge in [0.15, 0.2) is 5.75 Å². The quantitative estimate of drug-likeness (QED) is 0.349.